The highest BCUT2D eigenvalue weighted by molar-refractivity contribution is 5.99. The number of nitrogens with one attached hydrogen (secondary N) is 2. The number of ketones is 1. The summed E-state index contributed by atoms with van der Waals surface area (Å²) in [6, 6.07) is 10.4. The Morgan fingerprint density at radius 3 is 2.37 bits per heavy atom. The molecule has 142 valence electrons. The van der Waals surface area contributed by atoms with Gasteiger partial charge in [0.05, 0.1) is 5.69 Å². The van der Waals surface area contributed by atoms with E-state index in [0.29, 0.717) is 5.56 Å². The number of anilines is 1. The van der Waals surface area contributed by atoms with E-state index < -0.39 is 23.7 Å². The summed E-state index contributed by atoms with van der Waals surface area (Å²) in [6.07, 6.45) is 0.0268. The summed E-state index contributed by atoms with van der Waals surface area (Å²) in [5.41, 5.74) is 2.73. The zero-order valence-electron chi connectivity index (χ0n) is 15.6. The third-order valence-corrected chi connectivity index (χ3v) is 4.31. The number of amides is 2. The van der Waals surface area contributed by atoms with Crippen molar-refractivity contribution >= 4 is 23.3 Å². The van der Waals surface area contributed by atoms with Gasteiger partial charge in [-0.1, -0.05) is 24.3 Å². The Morgan fingerprint density at radius 1 is 1.00 bits per heavy atom. The lowest BCUT2D eigenvalue weighted by molar-refractivity contribution is -0.126. The topological polar surface area (TPSA) is 75.3 Å². The van der Waals surface area contributed by atoms with Gasteiger partial charge in [0, 0.05) is 18.4 Å². The molecule has 0 aromatic heterocycles. The van der Waals surface area contributed by atoms with Crippen LogP contribution in [0.2, 0.25) is 0 Å². The smallest absolute Gasteiger partial charge is 0.246 e. The van der Waals surface area contributed by atoms with E-state index >= 15 is 0 Å². The quantitative estimate of drug-likeness (QED) is 0.732. The van der Waals surface area contributed by atoms with Crippen molar-refractivity contribution in [2.24, 2.45) is 0 Å². The number of halogens is 1. The summed E-state index contributed by atoms with van der Waals surface area (Å²) in [5.74, 6) is -1.63. The fourth-order valence-corrected chi connectivity index (χ4v) is 2.47. The first-order valence-corrected chi connectivity index (χ1v) is 8.73. The van der Waals surface area contributed by atoms with Crippen LogP contribution in [0, 0.1) is 19.7 Å². The molecule has 0 saturated carbocycles. The Hall–Kier alpha value is -3.02. The number of carbonyl (C=O) groups excluding carboxylic acids is 3. The molecule has 27 heavy (non-hydrogen) atoms. The second-order valence-corrected chi connectivity index (χ2v) is 6.48. The van der Waals surface area contributed by atoms with Crippen molar-refractivity contribution in [1.82, 2.24) is 5.32 Å². The first kappa shape index (κ1) is 20.3. The lowest BCUT2D eigenvalue weighted by atomic mass is 10.0. The maximum Gasteiger partial charge on any atom is 0.246 e. The van der Waals surface area contributed by atoms with Crippen LogP contribution in [0.15, 0.2) is 42.5 Å². The Labute approximate surface area is 158 Å². The number of aryl methyl sites for hydroxylation is 2. The van der Waals surface area contributed by atoms with Gasteiger partial charge in [-0.05, 0) is 50.1 Å². The molecule has 0 spiro atoms. The summed E-state index contributed by atoms with van der Waals surface area (Å²) in [6.45, 7) is 5.39. The number of para-hydroxylation sites is 1. The van der Waals surface area contributed by atoms with E-state index in [9.17, 15) is 18.8 Å². The molecule has 2 rings (SSSR count). The van der Waals surface area contributed by atoms with Gasteiger partial charge in [-0.2, -0.15) is 0 Å². The molecule has 0 radical (unpaired) electrons. The summed E-state index contributed by atoms with van der Waals surface area (Å²) in [7, 11) is 0. The van der Waals surface area contributed by atoms with Crippen molar-refractivity contribution in [2.75, 3.05) is 5.32 Å². The third-order valence-electron chi connectivity index (χ3n) is 4.31. The number of rotatable bonds is 7. The molecule has 2 N–H and O–H groups in total. The fourth-order valence-electron chi connectivity index (χ4n) is 2.47. The summed E-state index contributed by atoms with van der Waals surface area (Å²) in [5, 5.41) is 4.94. The summed E-state index contributed by atoms with van der Waals surface area (Å²) < 4.78 is 13.6. The zero-order valence-corrected chi connectivity index (χ0v) is 15.6. The standard InChI is InChI=1S/C21H23FN2O3/c1-13-8-9-16(12-14(13)2)19(25)10-11-20(26)23-15(3)21(27)24-18-7-5-4-6-17(18)22/h4-9,12,15H,10-11H2,1-3H3,(H,23,26)(H,24,27). The lowest BCUT2D eigenvalue weighted by Crippen LogP contribution is -2.41. The van der Waals surface area contributed by atoms with E-state index in [1.807, 2.05) is 19.9 Å². The highest BCUT2D eigenvalue weighted by Crippen LogP contribution is 2.14. The van der Waals surface area contributed by atoms with Gasteiger partial charge in [0.15, 0.2) is 5.78 Å². The van der Waals surface area contributed by atoms with Gasteiger partial charge in [0.2, 0.25) is 11.8 Å². The van der Waals surface area contributed by atoms with Crippen molar-refractivity contribution in [3.05, 3.63) is 65.0 Å². The zero-order chi connectivity index (χ0) is 20.0. The van der Waals surface area contributed by atoms with Crippen LogP contribution in [0.5, 0.6) is 0 Å². The Bertz CT molecular complexity index is 864. The second-order valence-electron chi connectivity index (χ2n) is 6.48. The first-order valence-electron chi connectivity index (χ1n) is 8.73. The minimum Gasteiger partial charge on any atom is -0.345 e. The maximum absolute atomic E-state index is 13.6. The average Bonchev–Trinajstić information content (AvgIpc) is 2.63. The molecular weight excluding hydrogens is 347 g/mol. The van der Waals surface area contributed by atoms with Crippen LogP contribution < -0.4 is 10.6 Å². The first-order chi connectivity index (χ1) is 12.8. The molecule has 0 heterocycles. The van der Waals surface area contributed by atoms with Crippen LogP contribution in [-0.4, -0.2) is 23.6 Å². The van der Waals surface area contributed by atoms with Gasteiger partial charge in [0.25, 0.3) is 0 Å². The van der Waals surface area contributed by atoms with Crippen molar-refractivity contribution < 1.29 is 18.8 Å². The monoisotopic (exact) mass is 370 g/mol. The van der Waals surface area contributed by atoms with Gasteiger partial charge >= 0.3 is 0 Å². The molecule has 5 nitrogen and oxygen atoms in total. The molecule has 0 aliphatic rings. The molecule has 2 aromatic rings. The van der Waals surface area contributed by atoms with Gasteiger partial charge in [-0.25, -0.2) is 4.39 Å². The van der Waals surface area contributed by atoms with Gasteiger partial charge in [0.1, 0.15) is 11.9 Å². The molecule has 0 aliphatic heterocycles. The number of Topliss-reactive ketones (excluding diaryl/α,β-unsaturated/α-hetero) is 1. The molecule has 2 amide bonds. The second kappa shape index (κ2) is 9.07. The van der Waals surface area contributed by atoms with Crippen LogP contribution in [0.4, 0.5) is 10.1 Å². The number of hydrogen-bond donors (Lipinski definition) is 2. The summed E-state index contributed by atoms with van der Waals surface area (Å²) in [4.78, 5) is 36.3. The Morgan fingerprint density at radius 2 is 1.70 bits per heavy atom. The number of benzene rings is 2. The molecule has 0 bridgehead atoms. The van der Waals surface area contributed by atoms with Gasteiger partial charge < -0.3 is 10.6 Å². The number of hydrogen-bond acceptors (Lipinski definition) is 3. The van der Waals surface area contributed by atoms with E-state index in [2.05, 4.69) is 10.6 Å². The van der Waals surface area contributed by atoms with Gasteiger partial charge in [-0.15, -0.1) is 0 Å². The van der Waals surface area contributed by atoms with Crippen molar-refractivity contribution in [3.8, 4) is 0 Å². The molecule has 2 aromatic carbocycles. The predicted octanol–water partition coefficient (Wildman–Crippen LogP) is 3.55. The lowest BCUT2D eigenvalue weighted by Gasteiger charge is -2.14. The van der Waals surface area contributed by atoms with Crippen LogP contribution in [-0.2, 0) is 9.59 Å². The average molecular weight is 370 g/mol. The van der Waals surface area contributed by atoms with E-state index in [1.54, 1.807) is 18.2 Å². The van der Waals surface area contributed by atoms with Crippen LogP contribution in [0.3, 0.4) is 0 Å². The Kier molecular flexibility index (Phi) is 6.82. The van der Waals surface area contributed by atoms with E-state index in [1.165, 1.54) is 25.1 Å². The summed E-state index contributed by atoms with van der Waals surface area (Å²) >= 11 is 0. The molecule has 1 unspecified atom stereocenters. The van der Waals surface area contributed by atoms with E-state index in [0.717, 1.165) is 11.1 Å². The SMILES string of the molecule is Cc1ccc(C(=O)CCC(=O)NC(C)C(=O)Nc2ccccc2F)cc1C. The minimum absolute atomic E-state index is 0.0247. The third kappa shape index (κ3) is 5.74. The van der Waals surface area contributed by atoms with Crippen LogP contribution >= 0.6 is 0 Å². The number of carbonyl (C=O) groups is 3. The molecule has 0 fully saturated rings. The molecule has 6 heteroatoms. The Balaban J connectivity index is 1.83. The molecule has 1 atom stereocenters. The highest BCUT2D eigenvalue weighted by atomic mass is 19.1. The van der Waals surface area contributed by atoms with Crippen LogP contribution in [0.1, 0.15) is 41.3 Å². The minimum atomic E-state index is -0.853. The van der Waals surface area contributed by atoms with Crippen molar-refractivity contribution in [2.45, 2.75) is 39.7 Å². The maximum atomic E-state index is 13.6. The molecule has 0 aliphatic carbocycles. The molecule has 0 saturated heterocycles. The van der Waals surface area contributed by atoms with Crippen LogP contribution in [0.25, 0.3) is 0 Å². The van der Waals surface area contributed by atoms with Crippen molar-refractivity contribution in [1.29, 1.82) is 0 Å². The largest absolute Gasteiger partial charge is 0.345 e. The van der Waals surface area contributed by atoms with E-state index in [4.69, 9.17) is 0 Å². The molecular formula is C21H23FN2O3. The predicted molar refractivity (Wildman–Crippen MR) is 102 cm³/mol. The normalized spacial score (nSPS) is 11.6. The van der Waals surface area contributed by atoms with Gasteiger partial charge in [-0.3, -0.25) is 14.4 Å². The van der Waals surface area contributed by atoms with Crippen molar-refractivity contribution in [3.63, 3.8) is 0 Å². The highest BCUT2D eigenvalue weighted by Gasteiger charge is 2.18. The van der Waals surface area contributed by atoms with E-state index in [-0.39, 0.29) is 24.3 Å². The fraction of sp³-hybridized carbons (Fsp3) is 0.286.